The Morgan fingerprint density at radius 3 is 2.83 bits per heavy atom. The number of nitrogens with zero attached hydrogens (tertiary/aromatic N) is 3. The van der Waals surface area contributed by atoms with E-state index in [0.717, 1.165) is 5.39 Å². The molecule has 0 saturated heterocycles. The molecular formula is C17H17N5O2. The van der Waals surface area contributed by atoms with Gasteiger partial charge >= 0.3 is 0 Å². The summed E-state index contributed by atoms with van der Waals surface area (Å²) in [5, 5.41) is 6.75. The molecule has 7 heteroatoms. The first-order chi connectivity index (χ1) is 11.7. The summed E-state index contributed by atoms with van der Waals surface area (Å²) in [6.07, 6.45) is 3.10. The molecule has 2 heterocycles. The van der Waals surface area contributed by atoms with Gasteiger partial charge in [-0.3, -0.25) is 15.1 Å². The standard InChI is InChI=1S/C17H17N5O2/c1-3-19-15-13-7-6-12(24-2)9-14(13)20-17(21-15)22-16(23)11-5-4-8-18-10-11/h4-10H,3H2,1-2H3,(H2,19,20,21,22,23). The van der Waals surface area contributed by atoms with Crippen molar-refractivity contribution < 1.29 is 9.53 Å². The minimum atomic E-state index is -0.312. The fourth-order valence-electron chi connectivity index (χ4n) is 2.27. The molecule has 1 amide bonds. The Bertz CT molecular complexity index is 867. The maximum atomic E-state index is 12.3. The number of rotatable bonds is 5. The van der Waals surface area contributed by atoms with Crippen molar-refractivity contribution in [2.75, 3.05) is 24.3 Å². The fraction of sp³-hybridized carbons (Fsp3) is 0.176. The third kappa shape index (κ3) is 3.24. The first-order valence-corrected chi connectivity index (χ1v) is 7.52. The normalized spacial score (nSPS) is 10.4. The summed E-state index contributed by atoms with van der Waals surface area (Å²) in [4.78, 5) is 25.0. The predicted molar refractivity (Wildman–Crippen MR) is 92.4 cm³/mol. The first kappa shape index (κ1) is 15.7. The van der Waals surface area contributed by atoms with Crippen molar-refractivity contribution in [3.05, 3.63) is 48.3 Å². The van der Waals surface area contributed by atoms with Crippen LogP contribution in [0.5, 0.6) is 5.75 Å². The Morgan fingerprint density at radius 1 is 1.25 bits per heavy atom. The second kappa shape index (κ2) is 6.91. The number of benzene rings is 1. The molecule has 0 radical (unpaired) electrons. The highest BCUT2D eigenvalue weighted by Crippen LogP contribution is 2.26. The largest absolute Gasteiger partial charge is 0.497 e. The molecule has 1 aromatic carbocycles. The molecule has 7 nitrogen and oxygen atoms in total. The van der Waals surface area contributed by atoms with Crippen LogP contribution in [-0.4, -0.2) is 34.5 Å². The Balaban J connectivity index is 1.99. The molecule has 3 aromatic rings. The van der Waals surface area contributed by atoms with E-state index in [4.69, 9.17) is 4.74 Å². The molecule has 0 aliphatic carbocycles. The van der Waals surface area contributed by atoms with Crippen LogP contribution in [0.3, 0.4) is 0 Å². The van der Waals surface area contributed by atoms with Gasteiger partial charge in [-0.25, -0.2) is 4.98 Å². The maximum absolute atomic E-state index is 12.3. The fourth-order valence-corrected chi connectivity index (χ4v) is 2.27. The average molecular weight is 323 g/mol. The lowest BCUT2D eigenvalue weighted by atomic mass is 10.2. The summed E-state index contributed by atoms with van der Waals surface area (Å²) in [7, 11) is 1.60. The van der Waals surface area contributed by atoms with Gasteiger partial charge < -0.3 is 10.1 Å². The number of hydrogen-bond acceptors (Lipinski definition) is 6. The Hall–Kier alpha value is -3.22. The van der Waals surface area contributed by atoms with Crippen molar-refractivity contribution >= 4 is 28.6 Å². The molecule has 0 aliphatic heterocycles. The van der Waals surface area contributed by atoms with Gasteiger partial charge in [0.25, 0.3) is 5.91 Å². The molecule has 0 saturated carbocycles. The number of carbonyl (C=O) groups is 1. The number of aromatic nitrogens is 3. The van der Waals surface area contributed by atoms with Crippen LogP contribution in [0.25, 0.3) is 10.9 Å². The van der Waals surface area contributed by atoms with Gasteiger partial charge in [-0.05, 0) is 31.2 Å². The summed E-state index contributed by atoms with van der Waals surface area (Å²) in [6.45, 7) is 2.68. The molecule has 3 rings (SSSR count). The highest BCUT2D eigenvalue weighted by Gasteiger charge is 2.12. The Kier molecular flexibility index (Phi) is 4.51. The number of carbonyl (C=O) groups excluding carboxylic acids is 1. The van der Waals surface area contributed by atoms with Crippen LogP contribution in [0.4, 0.5) is 11.8 Å². The SMILES string of the molecule is CCNc1nc(NC(=O)c2cccnc2)nc2cc(OC)ccc12. The van der Waals surface area contributed by atoms with Crippen LogP contribution >= 0.6 is 0 Å². The number of anilines is 2. The molecule has 24 heavy (non-hydrogen) atoms. The van der Waals surface area contributed by atoms with Crippen molar-refractivity contribution in [2.24, 2.45) is 0 Å². The number of fused-ring (bicyclic) bond motifs is 1. The number of nitrogens with one attached hydrogen (secondary N) is 2. The van der Waals surface area contributed by atoms with Gasteiger partial charge in [-0.2, -0.15) is 4.98 Å². The molecule has 122 valence electrons. The number of ether oxygens (including phenoxy) is 1. The second-order valence-corrected chi connectivity index (χ2v) is 5.01. The molecule has 0 spiro atoms. The van der Waals surface area contributed by atoms with Gasteiger partial charge in [-0.1, -0.05) is 0 Å². The van der Waals surface area contributed by atoms with E-state index >= 15 is 0 Å². The lowest BCUT2D eigenvalue weighted by Crippen LogP contribution is -2.15. The monoisotopic (exact) mass is 323 g/mol. The van der Waals surface area contributed by atoms with Crippen molar-refractivity contribution in [3.63, 3.8) is 0 Å². The number of hydrogen-bond donors (Lipinski definition) is 2. The lowest BCUT2D eigenvalue weighted by molar-refractivity contribution is 0.102. The van der Waals surface area contributed by atoms with E-state index in [1.807, 2.05) is 19.1 Å². The van der Waals surface area contributed by atoms with Gasteiger partial charge in [0.15, 0.2) is 0 Å². The lowest BCUT2D eigenvalue weighted by Gasteiger charge is -2.11. The van der Waals surface area contributed by atoms with Crippen LogP contribution < -0.4 is 15.4 Å². The molecular weight excluding hydrogens is 306 g/mol. The zero-order chi connectivity index (χ0) is 16.9. The van der Waals surface area contributed by atoms with E-state index in [1.165, 1.54) is 6.20 Å². The van der Waals surface area contributed by atoms with E-state index in [2.05, 4.69) is 25.6 Å². The maximum Gasteiger partial charge on any atom is 0.259 e. The van der Waals surface area contributed by atoms with E-state index in [9.17, 15) is 4.79 Å². The smallest absolute Gasteiger partial charge is 0.259 e. The highest BCUT2D eigenvalue weighted by molar-refractivity contribution is 6.04. The molecule has 0 fully saturated rings. The Labute approximate surface area is 139 Å². The summed E-state index contributed by atoms with van der Waals surface area (Å²) in [5.74, 6) is 1.26. The summed E-state index contributed by atoms with van der Waals surface area (Å²) in [6, 6.07) is 8.92. The minimum Gasteiger partial charge on any atom is -0.497 e. The highest BCUT2D eigenvalue weighted by atomic mass is 16.5. The number of amides is 1. The summed E-state index contributed by atoms with van der Waals surface area (Å²) in [5.41, 5.74) is 1.12. The average Bonchev–Trinajstić information content (AvgIpc) is 2.62. The van der Waals surface area contributed by atoms with E-state index < -0.39 is 0 Å². The van der Waals surface area contributed by atoms with Gasteiger partial charge in [0, 0.05) is 30.4 Å². The summed E-state index contributed by atoms with van der Waals surface area (Å²) >= 11 is 0. The number of methoxy groups -OCH3 is 1. The van der Waals surface area contributed by atoms with Gasteiger partial charge in [-0.15, -0.1) is 0 Å². The van der Waals surface area contributed by atoms with Crippen LogP contribution in [0, 0.1) is 0 Å². The molecule has 2 aromatic heterocycles. The zero-order valence-corrected chi connectivity index (χ0v) is 13.4. The van der Waals surface area contributed by atoms with Crippen molar-refractivity contribution in [1.82, 2.24) is 15.0 Å². The molecule has 2 N–H and O–H groups in total. The quantitative estimate of drug-likeness (QED) is 0.750. The van der Waals surface area contributed by atoms with Crippen molar-refractivity contribution in [1.29, 1.82) is 0 Å². The first-order valence-electron chi connectivity index (χ1n) is 7.52. The zero-order valence-electron chi connectivity index (χ0n) is 13.4. The third-order valence-corrected chi connectivity index (χ3v) is 3.40. The van der Waals surface area contributed by atoms with Gasteiger partial charge in [0.1, 0.15) is 11.6 Å². The molecule has 0 atom stereocenters. The number of pyridine rings is 1. The van der Waals surface area contributed by atoms with Crippen LogP contribution in [0.15, 0.2) is 42.7 Å². The van der Waals surface area contributed by atoms with E-state index in [0.29, 0.717) is 29.2 Å². The van der Waals surface area contributed by atoms with Gasteiger partial charge in [0.05, 0.1) is 18.2 Å². The van der Waals surface area contributed by atoms with Crippen LogP contribution in [0.1, 0.15) is 17.3 Å². The molecule has 0 aliphatic rings. The van der Waals surface area contributed by atoms with E-state index in [-0.39, 0.29) is 11.9 Å². The van der Waals surface area contributed by atoms with Gasteiger partial charge in [0.2, 0.25) is 5.95 Å². The third-order valence-electron chi connectivity index (χ3n) is 3.40. The van der Waals surface area contributed by atoms with Crippen molar-refractivity contribution in [3.8, 4) is 5.75 Å². The topological polar surface area (TPSA) is 89.0 Å². The van der Waals surface area contributed by atoms with Crippen LogP contribution in [0.2, 0.25) is 0 Å². The second-order valence-electron chi connectivity index (χ2n) is 5.01. The van der Waals surface area contributed by atoms with E-state index in [1.54, 1.807) is 31.5 Å². The predicted octanol–water partition coefficient (Wildman–Crippen LogP) is 2.72. The van der Waals surface area contributed by atoms with Crippen molar-refractivity contribution in [2.45, 2.75) is 6.92 Å². The van der Waals surface area contributed by atoms with Crippen LogP contribution in [-0.2, 0) is 0 Å². The molecule has 0 bridgehead atoms. The Morgan fingerprint density at radius 2 is 2.12 bits per heavy atom. The summed E-state index contributed by atoms with van der Waals surface area (Å²) < 4.78 is 5.24. The minimum absolute atomic E-state index is 0.223. The molecule has 0 unspecified atom stereocenters.